The van der Waals surface area contributed by atoms with Crippen LogP contribution in [0.2, 0.25) is 0 Å². The number of likely N-dealkylation sites (tertiary alicyclic amines) is 1. The third-order valence-corrected chi connectivity index (χ3v) is 7.84. The zero-order chi connectivity index (χ0) is 29.3. The van der Waals surface area contributed by atoms with Gasteiger partial charge in [0.25, 0.3) is 0 Å². The summed E-state index contributed by atoms with van der Waals surface area (Å²) in [6.45, 7) is 9.42. The van der Waals surface area contributed by atoms with E-state index in [-0.39, 0.29) is 17.9 Å². The van der Waals surface area contributed by atoms with Gasteiger partial charge in [0.15, 0.2) is 0 Å². The molecular weight excluding hydrogens is 504 g/mol. The van der Waals surface area contributed by atoms with Gasteiger partial charge in [-0.2, -0.15) is 0 Å². The molecule has 2 heterocycles. The Morgan fingerprint density at radius 1 is 1.15 bits per heavy atom. The van der Waals surface area contributed by atoms with Gasteiger partial charge < -0.3 is 26.4 Å². The molecule has 5 N–H and O–H groups in total. The topological polar surface area (TPSA) is 124 Å². The van der Waals surface area contributed by atoms with Crippen molar-refractivity contribution in [2.24, 2.45) is 11.1 Å². The first kappa shape index (κ1) is 31.7. The summed E-state index contributed by atoms with van der Waals surface area (Å²) in [5.74, 6) is -0.279. The van der Waals surface area contributed by atoms with Crippen LogP contribution in [0.25, 0.3) is 0 Å². The number of rotatable bonds is 13. The highest BCUT2D eigenvalue weighted by atomic mass is 16.3. The third kappa shape index (κ3) is 8.83. The molecule has 3 rings (SSSR count). The van der Waals surface area contributed by atoms with Gasteiger partial charge in [0.05, 0.1) is 6.04 Å². The summed E-state index contributed by atoms with van der Waals surface area (Å²) in [5, 5.41) is 17.4. The minimum Gasteiger partial charge on any atom is -0.377 e. The van der Waals surface area contributed by atoms with Crippen molar-refractivity contribution in [3.05, 3.63) is 66.0 Å². The fourth-order valence-corrected chi connectivity index (χ4v) is 5.22. The second kappa shape index (κ2) is 14.7. The number of aromatic nitrogens is 1. The summed E-state index contributed by atoms with van der Waals surface area (Å²) in [4.78, 5) is 34.7. The van der Waals surface area contributed by atoms with E-state index >= 15 is 0 Å². The number of carbonyl (C=O) groups excluding carboxylic acids is 2. The minimum absolute atomic E-state index is 0.0785. The van der Waals surface area contributed by atoms with Crippen molar-refractivity contribution in [3.8, 4) is 0 Å². The molecule has 220 valence electrons. The van der Waals surface area contributed by atoms with Crippen molar-refractivity contribution in [1.29, 1.82) is 0 Å². The summed E-state index contributed by atoms with van der Waals surface area (Å²) in [6.07, 6.45) is 5.54. The van der Waals surface area contributed by atoms with Crippen LogP contribution in [-0.2, 0) is 22.4 Å². The summed E-state index contributed by atoms with van der Waals surface area (Å²) in [6, 6.07) is 12.3. The zero-order valence-corrected chi connectivity index (χ0v) is 24.7. The first-order chi connectivity index (χ1) is 19.0. The van der Waals surface area contributed by atoms with E-state index in [0.29, 0.717) is 26.1 Å². The average Bonchev–Trinajstić information content (AvgIpc) is 3.41. The van der Waals surface area contributed by atoms with E-state index in [1.54, 1.807) is 26.4 Å². The molecule has 2 aromatic rings. The van der Waals surface area contributed by atoms with Crippen LogP contribution < -0.4 is 16.4 Å². The Balaban J connectivity index is 1.78. The monoisotopic (exact) mass is 552 g/mol. The third-order valence-electron chi connectivity index (χ3n) is 7.84. The molecule has 1 unspecified atom stereocenters. The molecule has 9 heteroatoms. The number of aliphatic hydroxyl groups is 1. The van der Waals surface area contributed by atoms with Crippen molar-refractivity contribution in [2.45, 2.75) is 83.8 Å². The largest absolute Gasteiger partial charge is 0.377 e. The first-order valence-corrected chi connectivity index (χ1v) is 14.4. The second-order valence-electron chi connectivity index (χ2n) is 12.0. The van der Waals surface area contributed by atoms with Crippen molar-refractivity contribution < 1.29 is 14.7 Å². The van der Waals surface area contributed by atoms with Crippen LogP contribution in [0.5, 0.6) is 0 Å². The highest BCUT2D eigenvalue weighted by Gasteiger charge is 2.41. The van der Waals surface area contributed by atoms with Crippen LogP contribution in [0.4, 0.5) is 0 Å². The Labute approximate surface area is 239 Å². The molecule has 0 aliphatic carbocycles. The number of nitrogens with two attached hydrogens (primary N) is 1. The van der Waals surface area contributed by atoms with Crippen LogP contribution in [0.15, 0.2) is 54.9 Å². The molecule has 0 saturated carbocycles. The maximum atomic E-state index is 13.9. The smallest absolute Gasteiger partial charge is 0.245 e. The van der Waals surface area contributed by atoms with Crippen molar-refractivity contribution in [3.63, 3.8) is 0 Å². The van der Waals surface area contributed by atoms with Gasteiger partial charge in [-0.25, -0.2) is 0 Å². The van der Waals surface area contributed by atoms with E-state index in [1.807, 2.05) is 60.9 Å². The highest BCUT2D eigenvalue weighted by Crippen LogP contribution is 2.27. The summed E-state index contributed by atoms with van der Waals surface area (Å²) < 4.78 is 0. The van der Waals surface area contributed by atoms with Crippen molar-refractivity contribution >= 4 is 11.8 Å². The number of nitrogens with zero attached hydrogens (tertiary/aromatic N) is 3. The van der Waals surface area contributed by atoms with Gasteiger partial charge in [-0.3, -0.25) is 19.5 Å². The van der Waals surface area contributed by atoms with Gasteiger partial charge in [0.2, 0.25) is 11.8 Å². The molecule has 1 aliphatic heterocycles. The standard InChI is InChI=1S/C31H48N6O3/c1-22(33-5)28(38)35-27(31(2,3)4)30(40)37-18-9-12-25(37)21-36(19-15-23-10-7-6-8-11-23)29(39)26(32)20-24-13-16-34-17-14-24/h6-8,10-11,13-14,16-17,22,25-27,29,33,39H,9,12,15,18-21,32H2,1-5H3,(H,35,38)/t22-,25-,26+,27+,29?/m0/s1. The van der Waals surface area contributed by atoms with Gasteiger partial charge in [-0.15, -0.1) is 0 Å². The number of carbonyl (C=O) groups is 2. The molecule has 1 aromatic heterocycles. The Bertz CT molecular complexity index is 1060. The molecule has 40 heavy (non-hydrogen) atoms. The fraction of sp³-hybridized carbons (Fsp3) is 0.581. The number of benzene rings is 1. The minimum atomic E-state index is -0.885. The Kier molecular flexibility index (Phi) is 11.6. The normalized spacial score (nSPS) is 18.8. The molecule has 9 nitrogen and oxygen atoms in total. The number of hydrogen-bond donors (Lipinski definition) is 4. The van der Waals surface area contributed by atoms with Gasteiger partial charge in [0.1, 0.15) is 12.3 Å². The lowest BCUT2D eigenvalue weighted by Gasteiger charge is -2.39. The molecule has 0 radical (unpaired) electrons. The quantitative estimate of drug-likeness (QED) is 0.280. The molecule has 1 aliphatic rings. The van der Waals surface area contributed by atoms with E-state index in [4.69, 9.17) is 5.73 Å². The van der Waals surface area contributed by atoms with E-state index in [0.717, 1.165) is 24.8 Å². The predicted octanol–water partition coefficient (Wildman–Crippen LogP) is 1.94. The maximum Gasteiger partial charge on any atom is 0.245 e. The highest BCUT2D eigenvalue weighted by molar-refractivity contribution is 5.90. The van der Waals surface area contributed by atoms with Crippen molar-refractivity contribution in [2.75, 3.05) is 26.7 Å². The van der Waals surface area contributed by atoms with Crippen LogP contribution in [-0.4, -0.2) is 88.8 Å². The molecule has 5 atom stereocenters. The second-order valence-corrected chi connectivity index (χ2v) is 12.0. The number of aliphatic hydroxyl groups excluding tert-OH is 1. The van der Waals surface area contributed by atoms with Crippen LogP contribution in [0, 0.1) is 5.41 Å². The molecule has 0 bridgehead atoms. The van der Waals surface area contributed by atoms with E-state index < -0.39 is 29.8 Å². The molecule has 1 saturated heterocycles. The molecule has 0 spiro atoms. The number of nitrogens with one attached hydrogen (secondary N) is 2. The summed E-state index contributed by atoms with van der Waals surface area (Å²) in [5.41, 5.74) is 8.27. The van der Waals surface area contributed by atoms with E-state index in [9.17, 15) is 14.7 Å². The lowest BCUT2D eigenvalue weighted by Crippen LogP contribution is -2.59. The first-order valence-electron chi connectivity index (χ1n) is 14.4. The molecule has 2 amide bonds. The van der Waals surface area contributed by atoms with Gasteiger partial charge in [-0.05, 0) is 68.3 Å². The van der Waals surface area contributed by atoms with Crippen LogP contribution >= 0.6 is 0 Å². The Morgan fingerprint density at radius 3 is 2.45 bits per heavy atom. The number of amides is 2. The van der Waals surface area contributed by atoms with Crippen LogP contribution in [0.3, 0.4) is 0 Å². The summed E-state index contributed by atoms with van der Waals surface area (Å²) >= 11 is 0. The molecule has 1 aromatic carbocycles. The summed E-state index contributed by atoms with van der Waals surface area (Å²) in [7, 11) is 1.73. The average molecular weight is 553 g/mol. The Hall–Kier alpha value is -2.85. The lowest BCUT2D eigenvalue weighted by atomic mass is 9.85. The maximum absolute atomic E-state index is 13.9. The number of pyridine rings is 1. The van der Waals surface area contributed by atoms with Crippen molar-refractivity contribution in [1.82, 2.24) is 25.4 Å². The molecular formula is C31H48N6O3. The zero-order valence-electron chi connectivity index (χ0n) is 24.7. The molecule has 1 fully saturated rings. The van der Waals surface area contributed by atoms with Gasteiger partial charge in [0, 0.05) is 44.1 Å². The van der Waals surface area contributed by atoms with Crippen LogP contribution in [0.1, 0.15) is 51.7 Å². The predicted molar refractivity (Wildman–Crippen MR) is 158 cm³/mol. The number of hydrogen-bond acceptors (Lipinski definition) is 7. The van der Waals surface area contributed by atoms with E-state index in [2.05, 4.69) is 27.8 Å². The SMILES string of the molecule is CN[C@@H](C)C(=O)N[C@H](C(=O)N1CCC[C@H]1CN(CCc1ccccc1)C(O)[C@H](N)Cc1ccncc1)C(C)(C)C. The van der Waals surface area contributed by atoms with E-state index in [1.165, 1.54) is 5.56 Å². The van der Waals surface area contributed by atoms with Gasteiger partial charge in [-0.1, -0.05) is 51.1 Å². The number of likely N-dealkylation sites (N-methyl/N-ethyl adjacent to an activating group) is 1. The van der Waals surface area contributed by atoms with Gasteiger partial charge >= 0.3 is 0 Å². The fourth-order valence-electron chi connectivity index (χ4n) is 5.22. The Morgan fingerprint density at radius 2 is 1.82 bits per heavy atom. The lowest BCUT2D eigenvalue weighted by molar-refractivity contribution is -0.141.